The molecule has 0 bridgehead atoms. The first-order chi connectivity index (χ1) is 9.17. The van der Waals surface area contributed by atoms with Crippen molar-refractivity contribution in [3.63, 3.8) is 0 Å². The van der Waals surface area contributed by atoms with Gasteiger partial charge < -0.3 is 5.32 Å². The van der Waals surface area contributed by atoms with Crippen molar-refractivity contribution in [3.05, 3.63) is 69.9 Å². The maximum atomic E-state index is 12.9. The van der Waals surface area contributed by atoms with Crippen molar-refractivity contribution in [2.75, 3.05) is 7.05 Å². The Labute approximate surface area is 122 Å². The molecule has 0 aromatic heterocycles. The zero-order valence-corrected chi connectivity index (χ0v) is 12.5. The minimum Gasteiger partial charge on any atom is -0.316 e. The second kappa shape index (κ2) is 6.83. The lowest BCUT2D eigenvalue weighted by Gasteiger charge is -2.16. The monoisotopic (exact) mass is 321 g/mol. The molecule has 1 unspecified atom stereocenters. The molecule has 100 valence electrons. The Morgan fingerprint density at radius 2 is 1.74 bits per heavy atom. The summed E-state index contributed by atoms with van der Waals surface area (Å²) in [6.45, 7) is 0. The number of rotatable bonds is 5. The van der Waals surface area contributed by atoms with Gasteiger partial charge in [0.25, 0.3) is 0 Å². The molecule has 1 atom stereocenters. The average Bonchev–Trinajstić information content (AvgIpc) is 2.40. The molecular weight excluding hydrogens is 305 g/mol. The van der Waals surface area contributed by atoms with Gasteiger partial charge in [-0.1, -0.05) is 40.2 Å². The third-order valence-corrected chi connectivity index (χ3v) is 3.67. The molecule has 0 amide bonds. The molecule has 2 aromatic rings. The fraction of sp³-hybridized carbons (Fsp3) is 0.250. The van der Waals surface area contributed by atoms with Gasteiger partial charge in [0.2, 0.25) is 0 Å². The molecule has 2 aromatic carbocycles. The van der Waals surface area contributed by atoms with Gasteiger partial charge in [-0.15, -0.1) is 0 Å². The first-order valence-electron chi connectivity index (χ1n) is 6.33. The first kappa shape index (κ1) is 14.2. The lowest BCUT2D eigenvalue weighted by Crippen LogP contribution is -2.29. The van der Waals surface area contributed by atoms with Gasteiger partial charge in [-0.3, -0.25) is 0 Å². The highest BCUT2D eigenvalue weighted by Crippen LogP contribution is 2.15. The number of hydrogen-bond acceptors (Lipinski definition) is 1. The van der Waals surface area contributed by atoms with Crippen LogP contribution in [-0.2, 0) is 12.8 Å². The van der Waals surface area contributed by atoms with Crippen molar-refractivity contribution in [1.82, 2.24) is 5.32 Å². The molecule has 0 saturated carbocycles. The van der Waals surface area contributed by atoms with E-state index in [-0.39, 0.29) is 5.82 Å². The molecule has 2 rings (SSSR count). The topological polar surface area (TPSA) is 12.0 Å². The molecule has 19 heavy (non-hydrogen) atoms. The van der Waals surface area contributed by atoms with Crippen LogP contribution in [0.4, 0.5) is 4.39 Å². The number of benzene rings is 2. The van der Waals surface area contributed by atoms with Gasteiger partial charge in [0.1, 0.15) is 5.82 Å². The van der Waals surface area contributed by atoms with E-state index in [1.54, 1.807) is 0 Å². The molecule has 1 N–H and O–H groups in total. The minimum atomic E-state index is -0.184. The average molecular weight is 322 g/mol. The zero-order valence-electron chi connectivity index (χ0n) is 10.9. The highest BCUT2D eigenvalue weighted by Gasteiger charge is 2.08. The third kappa shape index (κ3) is 4.44. The Morgan fingerprint density at radius 1 is 1.05 bits per heavy atom. The molecule has 0 saturated heterocycles. The summed E-state index contributed by atoms with van der Waals surface area (Å²) in [6.07, 6.45) is 1.84. The van der Waals surface area contributed by atoms with Crippen LogP contribution in [-0.4, -0.2) is 13.1 Å². The predicted octanol–water partition coefficient (Wildman–Crippen LogP) is 3.96. The minimum absolute atomic E-state index is 0.184. The Hall–Kier alpha value is -1.19. The van der Waals surface area contributed by atoms with Gasteiger partial charge in [0.15, 0.2) is 0 Å². The molecule has 3 heteroatoms. The molecule has 0 fully saturated rings. The molecule has 1 nitrogen and oxygen atoms in total. The summed E-state index contributed by atoms with van der Waals surface area (Å²) in [5, 5.41) is 3.32. The van der Waals surface area contributed by atoms with Gasteiger partial charge in [0.05, 0.1) is 0 Å². The van der Waals surface area contributed by atoms with Crippen LogP contribution in [0.3, 0.4) is 0 Å². The van der Waals surface area contributed by atoms with E-state index in [9.17, 15) is 4.39 Å². The van der Waals surface area contributed by atoms with Crippen molar-refractivity contribution in [2.24, 2.45) is 0 Å². The van der Waals surface area contributed by atoms with Crippen LogP contribution in [0.25, 0.3) is 0 Å². The van der Waals surface area contributed by atoms with Gasteiger partial charge in [-0.05, 0) is 55.3 Å². The number of nitrogens with one attached hydrogen (secondary N) is 1. The van der Waals surface area contributed by atoms with E-state index >= 15 is 0 Å². The summed E-state index contributed by atoms with van der Waals surface area (Å²) < 4.78 is 14.0. The highest BCUT2D eigenvalue weighted by atomic mass is 79.9. The van der Waals surface area contributed by atoms with E-state index in [4.69, 9.17) is 0 Å². The lowest BCUT2D eigenvalue weighted by molar-refractivity contribution is 0.555. The van der Waals surface area contributed by atoms with Gasteiger partial charge in [-0.25, -0.2) is 4.39 Å². The van der Waals surface area contributed by atoms with Crippen LogP contribution in [0.1, 0.15) is 11.1 Å². The number of halogens is 2. The largest absolute Gasteiger partial charge is 0.316 e. The Bertz CT molecular complexity index is 525. The molecular formula is C16H17BrFN. The quantitative estimate of drug-likeness (QED) is 0.878. The normalized spacial score (nSPS) is 12.4. The Balaban J connectivity index is 2.02. The smallest absolute Gasteiger partial charge is 0.123 e. The van der Waals surface area contributed by atoms with Gasteiger partial charge in [0, 0.05) is 10.5 Å². The maximum absolute atomic E-state index is 12.9. The molecule has 0 spiro atoms. The van der Waals surface area contributed by atoms with Crippen molar-refractivity contribution in [1.29, 1.82) is 0 Å². The van der Waals surface area contributed by atoms with E-state index in [2.05, 4.69) is 33.4 Å². The third-order valence-electron chi connectivity index (χ3n) is 3.17. The standard InChI is InChI=1S/C16H17BrFN/c1-19-16(10-12-5-7-15(18)8-6-12)11-13-3-2-4-14(17)9-13/h2-9,16,19H,10-11H2,1H3. The summed E-state index contributed by atoms with van der Waals surface area (Å²) in [6, 6.07) is 15.4. The summed E-state index contributed by atoms with van der Waals surface area (Å²) in [5.41, 5.74) is 2.44. The van der Waals surface area contributed by atoms with Gasteiger partial charge in [-0.2, -0.15) is 0 Å². The van der Waals surface area contributed by atoms with E-state index < -0.39 is 0 Å². The summed E-state index contributed by atoms with van der Waals surface area (Å²) in [5.74, 6) is -0.184. The Kier molecular flexibility index (Phi) is 5.11. The second-order valence-electron chi connectivity index (χ2n) is 4.65. The SMILES string of the molecule is CNC(Cc1ccc(F)cc1)Cc1cccc(Br)c1. The van der Waals surface area contributed by atoms with Crippen molar-refractivity contribution in [3.8, 4) is 0 Å². The fourth-order valence-electron chi connectivity index (χ4n) is 2.13. The van der Waals surface area contributed by atoms with E-state index in [0.29, 0.717) is 6.04 Å². The van der Waals surface area contributed by atoms with Crippen LogP contribution in [0, 0.1) is 5.82 Å². The van der Waals surface area contributed by atoms with E-state index in [1.165, 1.54) is 17.7 Å². The maximum Gasteiger partial charge on any atom is 0.123 e. The summed E-state index contributed by atoms with van der Waals surface area (Å²) in [7, 11) is 1.96. The van der Waals surface area contributed by atoms with Crippen LogP contribution >= 0.6 is 15.9 Å². The van der Waals surface area contributed by atoms with Crippen LogP contribution in [0.2, 0.25) is 0 Å². The predicted molar refractivity (Wildman–Crippen MR) is 80.8 cm³/mol. The lowest BCUT2D eigenvalue weighted by atomic mass is 9.99. The summed E-state index contributed by atoms with van der Waals surface area (Å²) in [4.78, 5) is 0. The van der Waals surface area contributed by atoms with E-state index in [1.807, 2.05) is 31.3 Å². The van der Waals surface area contributed by atoms with Crippen LogP contribution in [0.5, 0.6) is 0 Å². The fourth-order valence-corrected chi connectivity index (χ4v) is 2.58. The number of hydrogen-bond donors (Lipinski definition) is 1. The van der Waals surface area contributed by atoms with Crippen LogP contribution in [0.15, 0.2) is 53.0 Å². The van der Waals surface area contributed by atoms with E-state index in [0.717, 1.165) is 22.9 Å². The molecule has 0 aliphatic heterocycles. The molecule has 0 heterocycles. The number of likely N-dealkylation sites (N-methyl/N-ethyl adjacent to an activating group) is 1. The van der Waals surface area contributed by atoms with Gasteiger partial charge >= 0.3 is 0 Å². The first-order valence-corrected chi connectivity index (χ1v) is 7.13. The Morgan fingerprint density at radius 3 is 2.37 bits per heavy atom. The van der Waals surface area contributed by atoms with Crippen LogP contribution < -0.4 is 5.32 Å². The van der Waals surface area contributed by atoms with Crippen molar-refractivity contribution in [2.45, 2.75) is 18.9 Å². The molecule has 0 aliphatic carbocycles. The van der Waals surface area contributed by atoms with Crippen molar-refractivity contribution >= 4 is 15.9 Å². The molecule has 0 radical (unpaired) electrons. The second-order valence-corrected chi connectivity index (χ2v) is 5.57. The summed E-state index contributed by atoms with van der Waals surface area (Å²) >= 11 is 3.49. The highest BCUT2D eigenvalue weighted by molar-refractivity contribution is 9.10. The van der Waals surface area contributed by atoms with Crippen molar-refractivity contribution < 1.29 is 4.39 Å². The molecule has 0 aliphatic rings. The zero-order chi connectivity index (χ0) is 13.7.